The first-order valence-electron chi connectivity index (χ1n) is 5.00. The number of benzene rings is 1. The highest BCUT2D eigenvalue weighted by Crippen LogP contribution is 2.20. The van der Waals surface area contributed by atoms with E-state index in [9.17, 15) is 9.59 Å². The Morgan fingerprint density at radius 3 is 2.56 bits per heavy atom. The van der Waals surface area contributed by atoms with Crippen molar-refractivity contribution in [3.63, 3.8) is 0 Å². The first kappa shape index (κ1) is 12.2. The number of hydrogen-bond acceptors (Lipinski definition) is 3. The summed E-state index contributed by atoms with van der Waals surface area (Å²) in [6.45, 7) is 3.85. The fourth-order valence-electron chi connectivity index (χ4n) is 1.44. The maximum atomic E-state index is 11.4. The van der Waals surface area contributed by atoms with Gasteiger partial charge in [0, 0.05) is 5.69 Å². The van der Waals surface area contributed by atoms with Gasteiger partial charge in [-0.15, -0.1) is 0 Å². The van der Waals surface area contributed by atoms with Crippen LogP contribution in [0.2, 0.25) is 0 Å². The molecule has 0 bridgehead atoms. The Labute approximate surface area is 94.0 Å². The van der Waals surface area contributed by atoms with Crippen molar-refractivity contribution in [3.8, 4) is 0 Å². The summed E-state index contributed by atoms with van der Waals surface area (Å²) >= 11 is 0. The summed E-state index contributed by atoms with van der Waals surface area (Å²) in [5, 5.41) is 2.55. The summed E-state index contributed by atoms with van der Waals surface area (Å²) in [5.74, 6) is 3.26. The number of carbonyl (C=O) groups excluding carboxylic acids is 2. The molecule has 1 aromatic rings. The summed E-state index contributed by atoms with van der Waals surface area (Å²) in [4.78, 5) is 22.3. The van der Waals surface area contributed by atoms with E-state index in [1.807, 2.05) is 32.0 Å². The second kappa shape index (κ2) is 5.27. The van der Waals surface area contributed by atoms with Crippen LogP contribution < -0.4 is 16.6 Å². The molecule has 16 heavy (non-hydrogen) atoms. The number of aryl methyl sites for hydroxylation is 2. The summed E-state index contributed by atoms with van der Waals surface area (Å²) in [6.07, 6.45) is 0.779. The van der Waals surface area contributed by atoms with Gasteiger partial charge in [0.05, 0.1) is 0 Å². The largest absolute Gasteiger partial charge is 0.323 e. The van der Waals surface area contributed by atoms with Crippen LogP contribution in [0.4, 0.5) is 5.69 Å². The number of rotatable bonds is 2. The molecule has 0 aliphatic heterocycles. The number of carbonyl (C=O) groups is 2. The number of anilines is 1. The van der Waals surface area contributed by atoms with Crippen LogP contribution in [0.3, 0.4) is 0 Å². The predicted molar refractivity (Wildman–Crippen MR) is 61.5 cm³/mol. The topological polar surface area (TPSA) is 84.2 Å². The van der Waals surface area contributed by atoms with Crippen molar-refractivity contribution < 1.29 is 9.59 Å². The fraction of sp³-hybridized carbons (Fsp3) is 0.273. The molecule has 0 aliphatic carbocycles. The van der Waals surface area contributed by atoms with Crippen molar-refractivity contribution >= 4 is 17.5 Å². The van der Waals surface area contributed by atoms with E-state index in [0.717, 1.165) is 17.5 Å². The summed E-state index contributed by atoms with van der Waals surface area (Å²) in [5.41, 5.74) is 4.37. The molecule has 0 aliphatic rings. The van der Waals surface area contributed by atoms with Gasteiger partial charge >= 0.3 is 11.8 Å². The molecule has 5 nitrogen and oxygen atoms in total. The van der Waals surface area contributed by atoms with E-state index in [-0.39, 0.29) is 0 Å². The van der Waals surface area contributed by atoms with Gasteiger partial charge in [0.2, 0.25) is 0 Å². The second-order valence-electron chi connectivity index (χ2n) is 3.39. The Kier molecular flexibility index (Phi) is 4.02. The molecule has 2 amide bonds. The van der Waals surface area contributed by atoms with Crippen LogP contribution in [-0.2, 0) is 16.0 Å². The monoisotopic (exact) mass is 221 g/mol. The number of hydrazine groups is 1. The number of amides is 2. The molecule has 0 radical (unpaired) electrons. The van der Waals surface area contributed by atoms with Crippen molar-refractivity contribution in [2.75, 3.05) is 5.32 Å². The lowest BCUT2D eigenvalue weighted by atomic mass is 10.1. The minimum absolute atomic E-state index is 0.679. The van der Waals surface area contributed by atoms with Gasteiger partial charge in [0.25, 0.3) is 0 Å². The Hall–Kier alpha value is -1.88. The van der Waals surface area contributed by atoms with Crippen LogP contribution >= 0.6 is 0 Å². The Bertz CT molecular complexity index is 416. The van der Waals surface area contributed by atoms with E-state index in [1.54, 1.807) is 5.43 Å². The van der Waals surface area contributed by atoms with E-state index in [1.165, 1.54) is 0 Å². The Morgan fingerprint density at radius 2 is 2.00 bits per heavy atom. The maximum absolute atomic E-state index is 11.4. The van der Waals surface area contributed by atoms with Gasteiger partial charge in [-0.2, -0.15) is 0 Å². The molecule has 0 fully saturated rings. The number of nitrogens with two attached hydrogens (primary N) is 1. The third kappa shape index (κ3) is 2.58. The van der Waals surface area contributed by atoms with Crippen molar-refractivity contribution in [1.82, 2.24) is 5.43 Å². The smallest absolute Gasteiger partial charge is 0.317 e. The third-order valence-corrected chi connectivity index (χ3v) is 2.32. The lowest BCUT2D eigenvalue weighted by molar-refractivity contribution is -0.136. The van der Waals surface area contributed by atoms with Gasteiger partial charge in [0.1, 0.15) is 0 Å². The van der Waals surface area contributed by atoms with E-state index in [2.05, 4.69) is 5.32 Å². The van der Waals surface area contributed by atoms with Gasteiger partial charge in [0.15, 0.2) is 0 Å². The van der Waals surface area contributed by atoms with E-state index >= 15 is 0 Å². The Morgan fingerprint density at radius 1 is 1.31 bits per heavy atom. The highest BCUT2D eigenvalue weighted by atomic mass is 16.2. The molecule has 0 unspecified atom stereocenters. The summed E-state index contributed by atoms with van der Waals surface area (Å²) in [6, 6.07) is 5.69. The quantitative estimate of drug-likeness (QED) is 0.294. The van der Waals surface area contributed by atoms with Crippen LogP contribution in [0.25, 0.3) is 0 Å². The average Bonchev–Trinajstić information content (AvgIpc) is 2.30. The normalized spacial score (nSPS) is 9.69. The fourth-order valence-corrected chi connectivity index (χ4v) is 1.44. The van der Waals surface area contributed by atoms with Gasteiger partial charge in [-0.3, -0.25) is 15.0 Å². The SMILES string of the molecule is CCc1cccc(C)c1NC(=O)C(=O)NN. The number of hydrogen-bond donors (Lipinski definition) is 3. The zero-order valence-electron chi connectivity index (χ0n) is 9.33. The zero-order valence-corrected chi connectivity index (χ0v) is 9.33. The van der Waals surface area contributed by atoms with Crippen LogP contribution in [0.15, 0.2) is 18.2 Å². The molecule has 4 N–H and O–H groups in total. The molecule has 0 saturated carbocycles. The maximum Gasteiger partial charge on any atom is 0.323 e. The first-order chi connectivity index (χ1) is 7.60. The molecule has 0 aromatic heterocycles. The summed E-state index contributed by atoms with van der Waals surface area (Å²) < 4.78 is 0. The van der Waals surface area contributed by atoms with Crippen LogP contribution in [0.1, 0.15) is 18.1 Å². The molecular formula is C11H15N3O2. The molecule has 86 valence electrons. The molecule has 5 heteroatoms. The molecule has 0 spiro atoms. The van der Waals surface area contributed by atoms with Crippen LogP contribution in [-0.4, -0.2) is 11.8 Å². The predicted octanol–water partition coefficient (Wildman–Crippen LogP) is 0.486. The van der Waals surface area contributed by atoms with Crippen LogP contribution in [0.5, 0.6) is 0 Å². The molecule has 0 saturated heterocycles. The molecular weight excluding hydrogens is 206 g/mol. The third-order valence-electron chi connectivity index (χ3n) is 2.32. The lowest BCUT2D eigenvalue weighted by Crippen LogP contribution is -2.39. The van der Waals surface area contributed by atoms with Gasteiger partial charge in [-0.05, 0) is 24.5 Å². The van der Waals surface area contributed by atoms with E-state index in [0.29, 0.717) is 5.69 Å². The number of nitrogens with one attached hydrogen (secondary N) is 2. The van der Waals surface area contributed by atoms with Gasteiger partial charge < -0.3 is 5.32 Å². The average molecular weight is 221 g/mol. The molecule has 0 heterocycles. The highest BCUT2D eigenvalue weighted by molar-refractivity contribution is 6.39. The van der Waals surface area contributed by atoms with Crippen molar-refractivity contribution in [2.45, 2.75) is 20.3 Å². The van der Waals surface area contributed by atoms with E-state index < -0.39 is 11.8 Å². The lowest BCUT2D eigenvalue weighted by Gasteiger charge is -2.11. The first-order valence-corrected chi connectivity index (χ1v) is 5.00. The van der Waals surface area contributed by atoms with E-state index in [4.69, 9.17) is 5.84 Å². The minimum Gasteiger partial charge on any atom is -0.317 e. The van der Waals surface area contributed by atoms with Crippen molar-refractivity contribution in [3.05, 3.63) is 29.3 Å². The zero-order chi connectivity index (χ0) is 12.1. The molecule has 1 aromatic carbocycles. The summed E-state index contributed by atoms with van der Waals surface area (Å²) in [7, 11) is 0. The van der Waals surface area contributed by atoms with Crippen LogP contribution in [0, 0.1) is 6.92 Å². The second-order valence-corrected chi connectivity index (χ2v) is 3.39. The van der Waals surface area contributed by atoms with Crippen molar-refractivity contribution in [1.29, 1.82) is 0 Å². The standard InChI is InChI=1S/C11H15N3O2/c1-3-8-6-4-5-7(2)9(8)13-10(15)11(16)14-12/h4-6H,3,12H2,1-2H3,(H,13,15)(H,14,16). The molecule has 1 rings (SSSR count). The highest BCUT2D eigenvalue weighted by Gasteiger charge is 2.14. The minimum atomic E-state index is -0.856. The van der Waals surface area contributed by atoms with Gasteiger partial charge in [-0.25, -0.2) is 5.84 Å². The molecule has 0 atom stereocenters. The number of para-hydroxylation sites is 1. The Balaban J connectivity index is 2.96. The van der Waals surface area contributed by atoms with Crippen molar-refractivity contribution in [2.24, 2.45) is 5.84 Å². The van der Waals surface area contributed by atoms with Gasteiger partial charge in [-0.1, -0.05) is 25.1 Å².